The summed E-state index contributed by atoms with van der Waals surface area (Å²) in [4.78, 5) is 21.8. The Kier molecular flexibility index (Phi) is 5.01. The van der Waals surface area contributed by atoms with E-state index in [1.807, 2.05) is 13.1 Å². The largest absolute Gasteiger partial charge is 0.480 e. The third kappa shape index (κ3) is 3.65. The van der Waals surface area contributed by atoms with E-state index in [2.05, 4.69) is 34.2 Å². The minimum atomic E-state index is -0.210. The van der Waals surface area contributed by atoms with Crippen LogP contribution in [-0.4, -0.2) is 32.8 Å². The van der Waals surface area contributed by atoms with E-state index in [4.69, 9.17) is 4.74 Å². The van der Waals surface area contributed by atoms with Crippen molar-refractivity contribution in [3.05, 3.63) is 35.0 Å². The van der Waals surface area contributed by atoms with Gasteiger partial charge in [0.2, 0.25) is 5.88 Å². The van der Waals surface area contributed by atoms with Crippen LogP contribution in [0.15, 0.2) is 12.4 Å². The van der Waals surface area contributed by atoms with Gasteiger partial charge in [0.1, 0.15) is 17.7 Å². The average Bonchev–Trinajstić information content (AvgIpc) is 3.20. The second-order valence-electron chi connectivity index (χ2n) is 6.90. The molecule has 2 aromatic rings. The van der Waals surface area contributed by atoms with E-state index in [9.17, 15) is 4.79 Å². The Labute approximate surface area is 147 Å². The summed E-state index contributed by atoms with van der Waals surface area (Å²) in [7, 11) is 3.38. The van der Waals surface area contributed by atoms with E-state index in [0.717, 1.165) is 42.8 Å². The number of carbonyl (C=O) groups excluding carboxylic acids is 1. The molecule has 2 heterocycles. The van der Waals surface area contributed by atoms with E-state index in [1.165, 1.54) is 6.33 Å². The summed E-state index contributed by atoms with van der Waals surface area (Å²) < 4.78 is 7.06. The number of methoxy groups -OCH3 is 1. The molecule has 0 saturated heterocycles. The maximum atomic E-state index is 12.9. The number of rotatable bonds is 6. The van der Waals surface area contributed by atoms with E-state index in [1.54, 1.807) is 11.8 Å². The molecule has 0 unspecified atom stereocenters. The molecule has 1 amide bonds. The van der Waals surface area contributed by atoms with Crippen molar-refractivity contribution in [1.82, 2.24) is 25.1 Å². The molecule has 0 bridgehead atoms. The van der Waals surface area contributed by atoms with Crippen LogP contribution < -0.4 is 10.1 Å². The molecule has 0 fully saturated rings. The standard InChI is InChI=1S/C18H25N5O2/c1-11(2)8-15(16-19-10-20-23(16)3)21-17(24)13-9-12-6-5-7-14(12)22-18(13)25-4/h9-11,15H,5-8H2,1-4H3,(H,21,24)/t15-/m1/s1. The van der Waals surface area contributed by atoms with Gasteiger partial charge in [-0.05, 0) is 43.2 Å². The number of hydrogen-bond donors (Lipinski definition) is 1. The monoisotopic (exact) mass is 343 g/mol. The van der Waals surface area contributed by atoms with Crippen LogP contribution >= 0.6 is 0 Å². The maximum Gasteiger partial charge on any atom is 0.257 e. The molecular weight excluding hydrogens is 318 g/mol. The summed E-state index contributed by atoms with van der Waals surface area (Å²) in [5.74, 6) is 1.35. The number of ether oxygens (including phenoxy) is 1. The van der Waals surface area contributed by atoms with Gasteiger partial charge in [0.15, 0.2) is 0 Å². The molecule has 1 aliphatic carbocycles. The van der Waals surface area contributed by atoms with Crippen molar-refractivity contribution in [3.63, 3.8) is 0 Å². The molecule has 0 aliphatic heterocycles. The number of pyridine rings is 1. The molecule has 2 aromatic heterocycles. The lowest BCUT2D eigenvalue weighted by atomic mass is 10.0. The summed E-state index contributed by atoms with van der Waals surface area (Å²) in [5, 5.41) is 7.21. The summed E-state index contributed by atoms with van der Waals surface area (Å²) in [6.07, 6.45) is 5.27. The molecular formula is C18H25N5O2. The van der Waals surface area contributed by atoms with Crippen molar-refractivity contribution in [2.75, 3.05) is 7.11 Å². The molecule has 7 heteroatoms. The summed E-state index contributed by atoms with van der Waals surface area (Å²) in [5.41, 5.74) is 2.67. The number of amides is 1. The molecule has 1 atom stereocenters. The van der Waals surface area contributed by atoms with Crippen LogP contribution in [0.25, 0.3) is 0 Å². The topological polar surface area (TPSA) is 81.9 Å². The highest BCUT2D eigenvalue weighted by molar-refractivity contribution is 5.96. The van der Waals surface area contributed by atoms with Crippen molar-refractivity contribution in [3.8, 4) is 5.88 Å². The van der Waals surface area contributed by atoms with Gasteiger partial charge in [-0.3, -0.25) is 9.48 Å². The van der Waals surface area contributed by atoms with Gasteiger partial charge < -0.3 is 10.1 Å². The summed E-state index contributed by atoms with van der Waals surface area (Å²) >= 11 is 0. The predicted molar refractivity (Wildman–Crippen MR) is 93.5 cm³/mol. The second kappa shape index (κ2) is 7.21. The zero-order valence-electron chi connectivity index (χ0n) is 15.2. The van der Waals surface area contributed by atoms with Gasteiger partial charge in [-0.15, -0.1) is 0 Å². The lowest BCUT2D eigenvalue weighted by Gasteiger charge is -2.20. The first-order valence-corrected chi connectivity index (χ1v) is 8.71. The molecule has 134 valence electrons. The highest BCUT2D eigenvalue weighted by Crippen LogP contribution is 2.27. The van der Waals surface area contributed by atoms with Crippen molar-refractivity contribution in [2.24, 2.45) is 13.0 Å². The van der Waals surface area contributed by atoms with Gasteiger partial charge in [0.25, 0.3) is 5.91 Å². The van der Waals surface area contributed by atoms with E-state index < -0.39 is 0 Å². The predicted octanol–water partition coefficient (Wildman–Crippen LogP) is 2.22. The smallest absolute Gasteiger partial charge is 0.257 e. The van der Waals surface area contributed by atoms with Crippen LogP contribution in [0.5, 0.6) is 5.88 Å². The van der Waals surface area contributed by atoms with Gasteiger partial charge in [-0.25, -0.2) is 9.97 Å². The number of hydrogen-bond acceptors (Lipinski definition) is 5. The zero-order chi connectivity index (χ0) is 18.0. The Morgan fingerprint density at radius 1 is 1.40 bits per heavy atom. The number of nitrogens with one attached hydrogen (secondary N) is 1. The number of fused-ring (bicyclic) bond motifs is 1. The van der Waals surface area contributed by atoms with Crippen LogP contribution in [0.4, 0.5) is 0 Å². The van der Waals surface area contributed by atoms with Gasteiger partial charge >= 0.3 is 0 Å². The summed E-state index contributed by atoms with van der Waals surface area (Å²) in [6.45, 7) is 4.24. The molecule has 0 aromatic carbocycles. The highest BCUT2D eigenvalue weighted by atomic mass is 16.5. The maximum absolute atomic E-state index is 12.9. The molecule has 7 nitrogen and oxygen atoms in total. The van der Waals surface area contributed by atoms with E-state index >= 15 is 0 Å². The molecule has 3 rings (SSSR count). The third-order valence-corrected chi connectivity index (χ3v) is 4.52. The lowest BCUT2D eigenvalue weighted by Crippen LogP contribution is -2.32. The van der Waals surface area contributed by atoms with Crippen LogP contribution in [0.3, 0.4) is 0 Å². The van der Waals surface area contributed by atoms with Gasteiger partial charge in [-0.2, -0.15) is 5.10 Å². The van der Waals surface area contributed by atoms with E-state index in [-0.39, 0.29) is 11.9 Å². The Morgan fingerprint density at radius 2 is 2.20 bits per heavy atom. The quantitative estimate of drug-likeness (QED) is 0.870. The van der Waals surface area contributed by atoms with Crippen molar-refractivity contribution in [1.29, 1.82) is 0 Å². The number of aryl methyl sites for hydroxylation is 3. The normalized spacial score (nSPS) is 14.4. The fourth-order valence-electron chi connectivity index (χ4n) is 3.33. The SMILES string of the molecule is COc1nc2c(cc1C(=O)N[C@H](CC(C)C)c1ncnn1C)CCC2. The van der Waals surface area contributed by atoms with Gasteiger partial charge in [-0.1, -0.05) is 13.8 Å². The third-order valence-electron chi connectivity index (χ3n) is 4.52. The fraction of sp³-hybridized carbons (Fsp3) is 0.556. The Balaban J connectivity index is 1.88. The second-order valence-corrected chi connectivity index (χ2v) is 6.90. The van der Waals surface area contributed by atoms with Crippen LogP contribution in [0.1, 0.15) is 60.2 Å². The number of nitrogens with zero attached hydrogens (tertiary/aromatic N) is 4. The molecule has 0 spiro atoms. The minimum Gasteiger partial charge on any atom is -0.480 e. The average molecular weight is 343 g/mol. The Hall–Kier alpha value is -2.44. The first-order valence-electron chi connectivity index (χ1n) is 8.71. The van der Waals surface area contributed by atoms with Gasteiger partial charge in [0, 0.05) is 12.7 Å². The Morgan fingerprint density at radius 3 is 2.84 bits per heavy atom. The molecule has 0 radical (unpaired) electrons. The molecule has 1 aliphatic rings. The molecule has 1 N–H and O–H groups in total. The summed E-state index contributed by atoms with van der Waals surface area (Å²) in [6, 6.07) is 1.71. The molecule has 0 saturated carbocycles. The first-order chi connectivity index (χ1) is 12.0. The highest BCUT2D eigenvalue weighted by Gasteiger charge is 2.25. The number of carbonyl (C=O) groups is 1. The number of aromatic nitrogens is 4. The van der Waals surface area contributed by atoms with Crippen molar-refractivity contribution < 1.29 is 9.53 Å². The van der Waals surface area contributed by atoms with Crippen molar-refractivity contribution >= 4 is 5.91 Å². The zero-order valence-corrected chi connectivity index (χ0v) is 15.2. The van der Waals surface area contributed by atoms with Crippen LogP contribution in [-0.2, 0) is 19.9 Å². The van der Waals surface area contributed by atoms with Crippen LogP contribution in [0.2, 0.25) is 0 Å². The van der Waals surface area contributed by atoms with E-state index in [0.29, 0.717) is 17.4 Å². The van der Waals surface area contributed by atoms with Gasteiger partial charge in [0.05, 0.1) is 13.2 Å². The Bertz CT molecular complexity index is 769. The molecule has 25 heavy (non-hydrogen) atoms. The fourth-order valence-corrected chi connectivity index (χ4v) is 3.33. The lowest BCUT2D eigenvalue weighted by molar-refractivity contribution is 0.0925. The minimum absolute atomic E-state index is 0.187. The van der Waals surface area contributed by atoms with Crippen LogP contribution in [0, 0.1) is 5.92 Å². The first kappa shape index (κ1) is 17.4. The van der Waals surface area contributed by atoms with Crippen molar-refractivity contribution in [2.45, 2.75) is 45.6 Å².